The van der Waals surface area contributed by atoms with E-state index in [1.807, 2.05) is 11.3 Å². The van der Waals surface area contributed by atoms with Gasteiger partial charge in [0, 0.05) is 15.8 Å². The first-order chi connectivity index (χ1) is 10.2. The van der Waals surface area contributed by atoms with Crippen molar-refractivity contribution in [2.45, 2.75) is 38.6 Å². The van der Waals surface area contributed by atoms with Gasteiger partial charge in [-0.25, -0.2) is 4.39 Å². The summed E-state index contributed by atoms with van der Waals surface area (Å²) in [6.07, 6.45) is 4.96. The van der Waals surface area contributed by atoms with Crippen molar-refractivity contribution in [3.8, 4) is 5.75 Å². The highest BCUT2D eigenvalue weighted by atomic mass is 32.1. The van der Waals surface area contributed by atoms with Crippen molar-refractivity contribution in [2.24, 2.45) is 0 Å². The lowest BCUT2D eigenvalue weighted by atomic mass is 9.99. The summed E-state index contributed by atoms with van der Waals surface area (Å²) < 4.78 is 19.1. The second kappa shape index (κ2) is 6.06. The molecule has 2 aromatic rings. The van der Waals surface area contributed by atoms with Gasteiger partial charge in [-0.15, -0.1) is 11.3 Å². The van der Waals surface area contributed by atoms with Crippen LogP contribution in [0.25, 0.3) is 0 Å². The van der Waals surface area contributed by atoms with E-state index >= 15 is 0 Å². The van der Waals surface area contributed by atoms with Gasteiger partial charge in [0.05, 0.1) is 18.8 Å². The number of benzene rings is 1. The largest absolute Gasteiger partial charge is 0.497 e. The van der Waals surface area contributed by atoms with Gasteiger partial charge in [-0.1, -0.05) is 0 Å². The fourth-order valence-electron chi connectivity index (χ4n) is 2.77. The third-order valence-corrected chi connectivity index (χ3v) is 5.41. The fourth-order valence-corrected chi connectivity index (χ4v) is 4.03. The summed E-state index contributed by atoms with van der Waals surface area (Å²) in [4.78, 5) is 2.79. The van der Waals surface area contributed by atoms with Crippen molar-refractivity contribution in [2.75, 3.05) is 12.4 Å². The number of hydrogen-bond donors (Lipinski definition) is 1. The Balaban J connectivity index is 1.79. The van der Waals surface area contributed by atoms with Crippen molar-refractivity contribution in [1.82, 2.24) is 0 Å². The third kappa shape index (κ3) is 3.05. The molecule has 1 N–H and O–H groups in total. The highest BCUT2D eigenvalue weighted by Gasteiger charge is 2.17. The minimum Gasteiger partial charge on any atom is -0.497 e. The molecule has 21 heavy (non-hydrogen) atoms. The summed E-state index contributed by atoms with van der Waals surface area (Å²) in [6.45, 7) is 2.08. The predicted octanol–water partition coefficient (Wildman–Crippen LogP) is 4.95. The summed E-state index contributed by atoms with van der Waals surface area (Å²) in [5.41, 5.74) is 1.98. The van der Waals surface area contributed by atoms with Crippen LogP contribution in [0.15, 0.2) is 24.3 Å². The quantitative estimate of drug-likeness (QED) is 0.863. The van der Waals surface area contributed by atoms with E-state index in [0.717, 1.165) is 0 Å². The smallest absolute Gasteiger partial charge is 0.146 e. The van der Waals surface area contributed by atoms with E-state index in [2.05, 4.69) is 18.3 Å². The van der Waals surface area contributed by atoms with Gasteiger partial charge < -0.3 is 10.1 Å². The van der Waals surface area contributed by atoms with E-state index in [-0.39, 0.29) is 11.9 Å². The van der Waals surface area contributed by atoms with E-state index in [4.69, 9.17) is 4.74 Å². The molecule has 0 bridgehead atoms. The van der Waals surface area contributed by atoms with Crippen molar-refractivity contribution >= 4 is 17.0 Å². The van der Waals surface area contributed by atoms with Gasteiger partial charge in [0.1, 0.15) is 11.6 Å². The number of rotatable bonds is 4. The third-order valence-electron chi connectivity index (χ3n) is 3.99. The number of hydrogen-bond acceptors (Lipinski definition) is 3. The Morgan fingerprint density at radius 2 is 2.05 bits per heavy atom. The fraction of sp³-hybridized carbons (Fsp3) is 0.412. The van der Waals surface area contributed by atoms with Crippen LogP contribution in [0.4, 0.5) is 10.1 Å². The maximum Gasteiger partial charge on any atom is 0.146 e. The van der Waals surface area contributed by atoms with Crippen molar-refractivity contribution in [3.63, 3.8) is 0 Å². The minimum atomic E-state index is -0.246. The van der Waals surface area contributed by atoms with Crippen molar-refractivity contribution < 1.29 is 9.13 Å². The maximum absolute atomic E-state index is 13.9. The number of aryl methyl sites for hydroxylation is 2. The van der Waals surface area contributed by atoms with Crippen LogP contribution in [0, 0.1) is 5.82 Å². The Labute approximate surface area is 129 Å². The summed E-state index contributed by atoms with van der Waals surface area (Å²) in [7, 11) is 1.59. The van der Waals surface area contributed by atoms with Crippen LogP contribution in [0.2, 0.25) is 0 Å². The van der Waals surface area contributed by atoms with Crippen LogP contribution in [-0.2, 0) is 12.8 Å². The Bertz CT molecular complexity index is 614. The standard InChI is InChI=1S/C17H20FNOS/c1-11(17-9-12-5-3-4-6-16(12)21-17)19-15-10-13(20-2)7-8-14(15)18/h7-11,19H,3-6H2,1-2H3. The average molecular weight is 305 g/mol. The summed E-state index contributed by atoms with van der Waals surface area (Å²) in [5.74, 6) is 0.417. The molecule has 0 spiro atoms. The molecule has 2 nitrogen and oxygen atoms in total. The molecular formula is C17H20FNOS. The number of thiophene rings is 1. The van der Waals surface area contributed by atoms with E-state index in [9.17, 15) is 4.39 Å². The normalized spacial score (nSPS) is 15.4. The first-order valence-electron chi connectivity index (χ1n) is 7.39. The summed E-state index contributed by atoms with van der Waals surface area (Å²) >= 11 is 1.86. The second-order valence-corrected chi connectivity index (χ2v) is 6.68. The molecule has 0 radical (unpaired) electrons. The van der Waals surface area contributed by atoms with Gasteiger partial charge in [0.2, 0.25) is 0 Å². The van der Waals surface area contributed by atoms with E-state index in [0.29, 0.717) is 11.4 Å². The van der Waals surface area contributed by atoms with Gasteiger partial charge in [-0.05, 0) is 56.4 Å². The number of halogens is 1. The molecule has 1 aromatic carbocycles. The van der Waals surface area contributed by atoms with Gasteiger partial charge in [0.25, 0.3) is 0 Å². The molecule has 0 saturated carbocycles. The molecule has 1 aliphatic carbocycles. The zero-order valence-electron chi connectivity index (χ0n) is 12.4. The van der Waals surface area contributed by atoms with Crippen LogP contribution in [-0.4, -0.2) is 7.11 Å². The first kappa shape index (κ1) is 14.4. The molecule has 0 saturated heterocycles. The predicted molar refractivity (Wildman–Crippen MR) is 86.0 cm³/mol. The number of fused-ring (bicyclic) bond motifs is 1. The van der Waals surface area contributed by atoms with E-state index < -0.39 is 0 Å². The molecular weight excluding hydrogens is 285 g/mol. The van der Waals surface area contributed by atoms with Crippen LogP contribution in [0.1, 0.15) is 41.1 Å². The zero-order chi connectivity index (χ0) is 14.8. The minimum absolute atomic E-state index is 0.0993. The van der Waals surface area contributed by atoms with Crippen molar-refractivity contribution in [3.05, 3.63) is 45.4 Å². The Hall–Kier alpha value is -1.55. The number of nitrogens with one attached hydrogen (secondary N) is 1. The zero-order valence-corrected chi connectivity index (χ0v) is 13.2. The topological polar surface area (TPSA) is 21.3 Å². The Kier molecular flexibility index (Phi) is 4.15. The number of methoxy groups -OCH3 is 1. The second-order valence-electron chi connectivity index (χ2n) is 5.52. The van der Waals surface area contributed by atoms with Gasteiger partial charge in [-0.2, -0.15) is 0 Å². The van der Waals surface area contributed by atoms with E-state index in [1.54, 1.807) is 19.2 Å². The van der Waals surface area contributed by atoms with Crippen LogP contribution >= 0.6 is 11.3 Å². The number of anilines is 1. The number of ether oxygens (including phenoxy) is 1. The Morgan fingerprint density at radius 1 is 1.24 bits per heavy atom. The lowest BCUT2D eigenvalue weighted by Crippen LogP contribution is -2.06. The van der Waals surface area contributed by atoms with E-state index in [1.165, 1.54) is 47.1 Å². The lowest BCUT2D eigenvalue weighted by Gasteiger charge is -2.15. The van der Waals surface area contributed by atoms with Gasteiger partial charge in [-0.3, -0.25) is 0 Å². The molecule has 3 rings (SSSR count). The SMILES string of the molecule is COc1ccc(F)c(NC(C)c2cc3c(s2)CCCC3)c1. The lowest BCUT2D eigenvalue weighted by molar-refractivity contribution is 0.414. The molecule has 1 aromatic heterocycles. The highest BCUT2D eigenvalue weighted by molar-refractivity contribution is 7.12. The monoisotopic (exact) mass is 305 g/mol. The molecule has 1 atom stereocenters. The van der Waals surface area contributed by atoms with Crippen LogP contribution in [0.3, 0.4) is 0 Å². The molecule has 1 heterocycles. The van der Waals surface area contributed by atoms with Gasteiger partial charge >= 0.3 is 0 Å². The first-order valence-corrected chi connectivity index (χ1v) is 8.20. The maximum atomic E-state index is 13.9. The van der Waals surface area contributed by atoms with Crippen molar-refractivity contribution in [1.29, 1.82) is 0 Å². The molecule has 1 unspecified atom stereocenters. The highest BCUT2D eigenvalue weighted by Crippen LogP contribution is 2.34. The molecule has 112 valence electrons. The molecule has 0 fully saturated rings. The molecule has 0 aliphatic heterocycles. The Morgan fingerprint density at radius 3 is 2.81 bits per heavy atom. The molecule has 1 aliphatic rings. The van der Waals surface area contributed by atoms with Crippen LogP contribution < -0.4 is 10.1 Å². The van der Waals surface area contributed by atoms with Gasteiger partial charge in [0.15, 0.2) is 0 Å². The molecule has 0 amide bonds. The molecule has 4 heteroatoms. The average Bonchev–Trinajstić information content (AvgIpc) is 2.93. The summed E-state index contributed by atoms with van der Waals surface area (Å²) in [5, 5.41) is 3.27. The summed E-state index contributed by atoms with van der Waals surface area (Å²) in [6, 6.07) is 7.17. The van der Waals surface area contributed by atoms with Crippen LogP contribution in [0.5, 0.6) is 5.75 Å².